The van der Waals surface area contributed by atoms with Gasteiger partial charge >= 0.3 is 0 Å². The molecule has 6 nitrogen and oxygen atoms in total. The van der Waals surface area contributed by atoms with E-state index in [4.69, 9.17) is 9.26 Å². The van der Waals surface area contributed by atoms with Crippen LogP contribution in [0.1, 0.15) is 17.4 Å². The van der Waals surface area contributed by atoms with Gasteiger partial charge in [0.1, 0.15) is 23.0 Å². The van der Waals surface area contributed by atoms with Gasteiger partial charge in [-0.1, -0.05) is 52.8 Å². The third-order valence-corrected chi connectivity index (χ3v) is 5.19. The van der Waals surface area contributed by atoms with Crippen LogP contribution in [-0.2, 0) is 6.42 Å². The number of para-hydroxylation sites is 1. The smallest absolute Gasteiger partial charge is 0.162 e. The molecule has 2 heterocycles. The van der Waals surface area contributed by atoms with Crippen molar-refractivity contribution >= 4 is 11.0 Å². The SMILES string of the molecule is COc1ccc(-c2cc(C(Cc3ccccc3)n3nnc4ccccc43)on2)cc1. The molecule has 0 aliphatic rings. The molecule has 5 rings (SSSR count). The van der Waals surface area contributed by atoms with Crippen molar-refractivity contribution in [3.8, 4) is 17.0 Å². The lowest BCUT2D eigenvalue weighted by molar-refractivity contribution is 0.334. The van der Waals surface area contributed by atoms with E-state index >= 15 is 0 Å². The van der Waals surface area contributed by atoms with Gasteiger partial charge in [0.25, 0.3) is 0 Å². The van der Waals surface area contributed by atoms with Crippen molar-refractivity contribution in [2.75, 3.05) is 7.11 Å². The lowest BCUT2D eigenvalue weighted by Crippen LogP contribution is -2.14. The molecule has 0 amide bonds. The van der Waals surface area contributed by atoms with Gasteiger partial charge in [-0.2, -0.15) is 0 Å². The summed E-state index contributed by atoms with van der Waals surface area (Å²) in [5.41, 5.74) is 4.73. The highest BCUT2D eigenvalue weighted by Crippen LogP contribution is 2.30. The van der Waals surface area contributed by atoms with Gasteiger partial charge in [0.05, 0.1) is 12.6 Å². The van der Waals surface area contributed by atoms with E-state index in [2.05, 4.69) is 27.6 Å². The van der Waals surface area contributed by atoms with Gasteiger partial charge in [0.2, 0.25) is 0 Å². The quantitative estimate of drug-likeness (QED) is 0.407. The lowest BCUT2D eigenvalue weighted by atomic mass is 10.0. The Balaban J connectivity index is 1.55. The first-order chi connectivity index (χ1) is 14.8. The summed E-state index contributed by atoms with van der Waals surface area (Å²) in [6, 6.07) is 27.8. The number of ether oxygens (including phenoxy) is 1. The molecule has 1 unspecified atom stereocenters. The number of methoxy groups -OCH3 is 1. The molecule has 0 N–H and O–H groups in total. The zero-order valence-corrected chi connectivity index (χ0v) is 16.5. The minimum Gasteiger partial charge on any atom is -0.497 e. The summed E-state index contributed by atoms with van der Waals surface area (Å²) >= 11 is 0. The molecule has 5 aromatic rings. The number of hydrogen-bond acceptors (Lipinski definition) is 5. The third kappa shape index (κ3) is 3.43. The molecule has 0 aliphatic heterocycles. The summed E-state index contributed by atoms with van der Waals surface area (Å²) in [6.07, 6.45) is 0.714. The van der Waals surface area contributed by atoms with E-state index in [1.54, 1.807) is 7.11 Å². The van der Waals surface area contributed by atoms with Crippen LogP contribution in [0.4, 0.5) is 0 Å². The van der Waals surface area contributed by atoms with Gasteiger partial charge in [0, 0.05) is 18.1 Å². The van der Waals surface area contributed by atoms with E-state index < -0.39 is 0 Å². The number of hydrogen-bond donors (Lipinski definition) is 0. The molecule has 0 bridgehead atoms. The van der Waals surface area contributed by atoms with Crippen molar-refractivity contribution in [3.05, 3.63) is 96.3 Å². The van der Waals surface area contributed by atoms with E-state index in [9.17, 15) is 0 Å². The van der Waals surface area contributed by atoms with Gasteiger partial charge in [0.15, 0.2) is 5.76 Å². The molecule has 2 aromatic heterocycles. The van der Waals surface area contributed by atoms with Gasteiger partial charge in [-0.05, 0) is 42.0 Å². The maximum Gasteiger partial charge on any atom is 0.162 e. The zero-order valence-electron chi connectivity index (χ0n) is 16.5. The van der Waals surface area contributed by atoms with Crippen molar-refractivity contribution in [2.45, 2.75) is 12.5 Å². The molecule has 0 saturated heterocycles. The van der Waals surface area contributed by atoms with Gasteiger partial charge < -0.3 is 9.26 Å². The van der Waals surface area contributed by atoms with E-state index in [1.807, 2.05) is 77.5 Å². The number of rotatable bonds is 6. The summed E-state index contributed by atoms with van der Waals surface area (Å²) in [4.78, 5) is 0. The molecule has 148 valence electrons. The Kier molecular flexibility index (Phi) is 4.73. The molecule has 3 aromatic carbocycles. The molecule has 1 atom stereocenters. The average molecular weight is 396 g/mol. The molecule has 0 aliphatic carbocycles. The van der Waals surface area contributed by atoms with Crippen molar-refractivity contribution < 1.29 is 9.26 Å². The van der Waals surface area contributed by atoms with Gasteiger partial charge in [-0.3, -0.25) is 0 Å². The molecule has 6 heteroatoms. The highest BCUT2D eigenvalue weighted by atomic mass is 16.5. The molecule has 30 heavy (non-hydrogen) atoms. The Morgan fingerprint density at radius 3 is 2.50 bits per heavy atom. The molecular formula is C24H20N4O2. The highest BCUT2D eigenvalue weighted by molar-refractivity contribution is 5.74. The van der Waals surface area contributed by atoms with Crippen LogP contribution in [0.25, 0.3) is 22.3 Å². The second-order valence-corrected chi connectivity index (χ2v) is 7.07. The zero-order chi connectivity index (χ0) is 20.3. The predicted octanol–water partition coefficient (Wildman–Crippen LogP) is 4.93. The first-order valence-electron chi connectivity index (χ1n) is 9.77. The summed E-state index contributed by atoms with van der Waals surface area (Å²) in [5.74, 6) is 1.54. The van der Waals surface area contributed by atoms with Crippen molar-refractivity contribution in [1.29, 1.82) is 0 Å². The molecule has 0 spiro atoms. The standard InChI is InChI=1S/C24H20N4O2/c1-29-19-13-11-18(12-14-19)21-16-24(30-26-21)23(15-17-7-3-2-4-8-17)28-22-10-6-5-9-20(22)25-27-28/h2-14,16,23H,15H2,1H3. The van der Waals surface area contributed by atoms with Crippen LogP contribution in [0.2, 0.25) is 0 Å². The Bertz CT molecular complexity index is 1260. The number of aromatic nitrogens is 4. The molecule has 0 radical (unpaired) electrons. The van der Waals surface area contributed by atoms with Crippen LogP contribution in [0.5, 0.6) is 5.75 Å². The largest absolute Gasteiger partial charge is 0.497 e. The van der Waals surface area contributed by atoms with E-state index in [1.165, 1.54) is 5.56 Å². The fourth-order valence-electron chi connectivity index (χ4n) is 3.61. The highest BCUT2D eigenvalue weighted by Gasteiger charge is 2.23. The topological polar surface area (TPSA) is 66.0 Å². The lowest BCUT2D eigenvalue weighted by Gasteiger charge is -2.15. The normalized spacial score (nSPS) is 12.2. The molecule has 0 fully saturated rings. The van der Waals surface area contributed by atoms with Crippen LogP contribution < -0.4 is 4.74 Å². The third-order valence-electron chi connectivity index (χ3n) is 5.19. The van der Waals surface area contributed by atoms with Crippen LogP contribution in [-0.4, -0.2) is 27.3 Å². The maximum atomic E-state index is 5.81. The summed E-state index contributed by atoms with van der Waals surface area (Å²) < 4.78 is 13.0. The van der Waals surface area contributed by atoms with Crippen molar-refractivity contribution in [2.24, 2.45) is 0 Å². The molecular weight excluding hydrogens is 376 g/mol. The number of benzene rings is 3. The second-order valence-electron chi connectivity index (χ2n) is 7.07. The van der Waals surface area contributed by atoms with E-state index in [0.717, 1.165) is 33.8 Å². The summed E-state index contributed by atoms with van der Waals surface area (Å²) in [5, 5.41) is 13.1. The number of nitrogens with zero attached hydrogens (tertiary/aromatic N) is 4. The van der Waals surface area contributed by atoms with Crippen molar-refractivity contribution in [3.63, 3.8) is 0 Å². The Hall–Kier alpha value is -3.93. The first kappa shape index (κ1) is 18.1. The monoisotopic (exact) mass is 396 g/mol. The van der Waals surface area contributed by atoms with E-state index in [-0.39, 0.29) is 6.04 Å². The summed E-state index contributed by atoms with van der Waals surface area (Å²) in [6.45, 7) is 0. The Morgan fingerprint density at radius 2 is 1.70 bits per heavy atom. The van der Waals surface area contributed by atoms with Crippen LogP contribution in [0.15, 0.2) is 89.5 Å². The first-order valence-corrected chi connectivity index (χ1v) is 9.77. The Morgan fingerprint density at radius 1 is 0.933 bits per heavy atom. The van der Waals surface area contributed by atoms with Crippen molar-refractivity contribution in [1.82, 2.24) is 20.2 Å². The molecule has 0 saturated carbocycles. The number of fused-ring (bicyclic) bond motifs is 1. The van der Waals surface area contributed by atoms with Crippen LogP contribution in [0.3, 0.4) is 0 Å². The minimum atomic E-state index is -0.167. The van der Waals surface area contributed by atoms with Gasteiger partial charge in [-0.25, -0.2) is 4.68 Å². The fraction of sp³-hybridized carbons (Fsp3) is 0.125. The van der Waals surface area contributed by atoms with Crippen LogP contribution >= 0.6 is 0 Å². The van der Waals surface area contributed by atoms with Gasteiger partial charge in [-0.15, -0.1) is 5.10 Å². The summed E-state index contributed by atoms with van der Waals surface area (Å²) in [7, 11) is 1.65. The fourth-order valence-corrected chi connectivity index (χ4v) is 3.61. The van der Waals surface area contributed by atoms with Crippen LogP contribution in [0, 0.1) is 0 Å². The maximum absolute atomic E-state index is 5.81. The minimum absolute atomic E-state index is 0.167. The predicted molar refractivity (Wildman–Crippen MR) is 114 cm³/mol. The Labute approximate surface area is 173 Å². The average Bonchev–Trinajstić information content (AvgIpc) is 3.46. The second kappa shape index (κ2) is 7.83. The van der Waals surface area contributed by atoms with E-state index in [0.29, 0.717) is 6.42 Å².